The van der Waals surface area contributed by atoms with Crippen LogP contribution < -0.4 is 4.74 Å². The highest BCUT2D eigenvalue weighted by atomic mass is 16.5. The molecule has 0 unspecified atom stereocenters. The third-order valence-corrected chi connectivity index (χ3v) is 2.63. The number of carboxylic acids is 1. The van der Waals surface area contributed by atoms with Crippen molar-refractivity contribution in [2.24, 2.45) is 0 Å². The number of para-hydroxylation sites is 1. The molecule has 0 saturated carbocycles. The molecule has 0 amide bonds. The van der Waals surface area contributed by atoms with Crippen LogP contribution in [0.2, 0.25) is 0 Å². The molecule has 102 valence electrons. The number of ether oxygens (including phenoxy) is 1. The van der Waals surface area contributed by atoms with Crippen molar-refractivity contribution in [2.75, 3.05) is 0 Å². The van der Waals surface area contributed by atoms with E-state index in [1.807, 2.05) is 0 Å². The zero-order valence-electron chi connectivity index (χ0n) is 10.4. The van der Waals surface area contributed by atoms with Gasteiger partial charge in [-0.25, -0.2) is 4.79 Å². The Morgan fingerprint density at radius 1 is 1.05 bits per heavy atom. The third-order valence-electron chi connectivity index (χ3n) is 2.63. The van der Waals surface area contributed by atoms with Gasteiger partial charge in [-0.2, -0.15) is 0 Å². The van der Waals surface area contributed by atoms with E-state index in [1.54, 1.807) is 30.3 Å². The summed E-state index contributed by atoms with van der Waals surface area (Å²) in [5, 5.41) is 18.3. The van der Waals surface area contributed by atoms with Crippen molar-refractivity contribution in [3.63, 3.8) is 0 Å². The predicted octanol–water partition coefficient (Wildman–Crippen LogP) is 2.24. The number of rotatable bonds is 4. The molecule has 0 atom stereocenters. The molecule has 2 rings (SSSR count). The summed E-state index contributed by atoms with van der Waals surface area (Å²) in [4.78, 5) is 22.8. The van der Waals surface area contributed by atoms with Crippen molar-refractivity contribution >= 4 is 11.9 Å². The second kappa shape index (κ2) is 5.88. The Kier molecular flexibility index (Phi) is 4.00. The lowest BCUT2D eigenvalue weighted by molar-refractivity contribution is -0.133. The minimum Gasteiger partial charge on any atom is -0.508 e. The normalized spacial score (nSPS) is 10.0. The van der Waals surface area contributed by atoms with E-state index in [-0.39, 0.29) is 23.3 Å². The van der Waals surface area contributed by atoms with Gasteiger partial charge in [0.05, 0.1) is 12.0 Å². The number of aromatic hydroxyl groups is 1. The summed E-state index contributed by atoms with van der Waals surface area (Å²) >= 11 is 0. The fourth-order valence-electron chi connectivity index (χ4n) is 1.73. The smallest absolute Gasteiger partial charge is 0.336 e. The fraction of sp³-hybridized carbons (Fsp3) is 0.0667. The number of carbonyl (C=O) groups is 2. The van der Waals surface area contributed by atoms with Crippen LogP contribution in [0, 0.1) is 0 Å². The summed E-state index contributed by atoms with van der Waals surface area (Å²) < 4.78 is 5.09. The molecule has 0 fully saturated rings. The molecule has 0 aliphatic carbocycles. The molecule has 0 radical (unpaired) electrons. The molecule has 5 heteroatoms. The van der Waals surface area contributed by atoms with Gasteiger partial charge in [0.2, 0.25) is 0 Å². The first-order valence-electron chi connectivity index (χ1n) is 5.87. The van der Waals surface area contributed by atoms with E-state index >= 15 is 0 Å². The molecule has 2 aromatic carbocycles. The van der Waals surface area contributed by atoms with Crippen molar-refractivity contribution in [1.29, 1.82) is 0 Å². The Balaban J connectivity index is 2.14. The second-order valence-corrected chi connectivity index (χ2v) is 4.11. The molecular weight excluding hydrogens is 260 g/mol. The number of aromatic carboxylic acids is 1. The average Bonchev–Trinajstić information content (AvgIpc) is 2.41. The predicted molar refractivity (Wildman–Crippen MR) is 70.8 cm³/mol. The molecule has 2 N–H and O–H groups in total. The number of benzene rings is 2. The second-order valence-electron chi connectivity index (χ2n) is 4.11. The van der Waals surface area contributed by atoms with Gasteiger partial charge in [0.15, 0.2) is 0 Å². The van der Waals surface area contributed by atoms with Gasteiger partial charge in [-0.1, -0.05) is 24.3 Å². The van der Waals surface area contributed by atoms with Crippen molar-refractivity contribution in [3.8, 4) is 11.5 Å². The van der Waals surface area contributed by atoms with Crippen LogP contribution in [0.15, 0.2) is 48.5 Å². The Bertz CT molecular complexity index is 634. The molecular formula is C15H12O5. The number of carboxylic acid groups (broad SMARTS) is 1. The van der Waals surface area contributed by atoms with Crippen molar-refractivity contribution in [3.05, 3.63) is 59.7 Å². The van der Waals surface area contributed by atoms with Gasteiger partial charge in [-0.15, -0.1) is 0 Å². The SMILES string of the molecule is O=C(Cc1ccc(O)cc1C(=O)O)Oc1ccccc1. The first-order chi connectivity index (χ1) is 9.56. The quantitative estimate of drug-likeness (QED) is 0.658. The lowest BCUT2D eigenvalue weighted by Crippen LogP contribution is -2.14. The summed E-state index contributed by atoms with van der Waals surface area (Å²) in [6.45, 7) is 0. The lowest BCUT2D eigenvalue weighted by atomic mass is 10.0. The molecule has 0 heterocycles. The molecule has 20 heavy (non-hydrogen) atoms. The molecule has 0 aromatic heterocycles. The topological polar surface area (TPSA) is 83.8 Å². The van der Waals surface area contributed by atoms with Gasteiger partial charge < -0.3 is 14.9 Å². The first kappa shape index (κ1) is 13.6. The summed E-state index contributed by atoms with van der Waals surface area (Å²) in [5.74, 6) is -1.54. The van der Waals surface area contributed by atoms with E-state index < -0.39 is 11.9 Å². The van der Waals surface area contributed by atoms with Gasteiger partial charge >= 0.3 is 11.9 Å². The highest BCUT2D eigenvalue weighted by Crippen LogP contribution is 2.18. The van der Waals surface area contributed by atoms with Crippen molar-refractivity contribution in [2.45, 2.75) is 6.42 Å². The van der Waals surface area contributed by atoms with Crippen molar-refractivity contribution < 1.29 is 24.5 Å². The number of phenolic OH excluding ortho intramolecular Hbond substituents is 1. The van der Waals surface area contributed by atoms with E-state index in [0.29, 0.717) is 5.75 Å². The van der Waals surface area contributed by atoms with E-state index in [4.69, 9.17) is 9.84 Å². The number of hydrogen-bond donors (Lipinski definition) is 2. The maximum absolute atomic E-state index is 11.8. The van der Waals surface area contributed by atoms with Crippen LogP contribution >= 0.6 is 0 Å². The van der Waals surface area contributed by atoms with Gasteiger partial charge in [-0.05, 0) is 29.8 Å². The summed E-state index contributed by atoms with van der Waals surface area (Å²) in [7, 11) is 0. The van der Waals surface area contributed by atoms with E-state index in [2.05, 4.69) is 0 Å². The Labute approximate surface area is 115 Å². The summed E-state index contributed by atoms with van der Waals surface area (Å²) in [5.41, 5.74) is 0.172. The zero-order chi connectivity index (χ0) is 14.5. The molecule has 0 spiro atoms. The molecule has 0 aliphatic rings. The third kappa shape index (κ3) is 3.35. The van der Waals surface area contributed by atoms with E-state index in [9.17, 15) is 14.7 Å². The van der Waals surface area contributed by atoms with Crippen LogP contribution in [0.1, 0.15) is 15.9 Å². The van der Waals surface area contributed by atoms with Gasteiger partial charge in [0.1, 0.15) is 11.5 Å². The molecule has 5 nitrogen and oxygen atoms in total. The van der Waals surface area contributed by atoms with E-state index in [1.165, 1.54) is 12.1 Å². The van der Waals surface area contributed by atoms with Crippen LogP contribution in [-0.4, -0.2) is 22.2 Å². The minimum absolute atomic E-state index is 0.116. The van der Waals surface area contributed by atoms with E-state index in [0.717, 1.165) is 6.07 Å². The minimum atomic E-state index is -1.21. The maximum Gasteiger partial charge on any atom is 0.336 e. The molecule has 0 aliphatic heterocycles. The highest BCUT2D eigenvalue weighted by molar-refractivity contribution is 5.91. The number of phenols is 1. The van der Waals surface area contributed by atoms with Crippen LogP contribution in [0.25, 0.3) is 0 Å². The number of carbonyl (C=O) groups excluding carboxylic acids is 1. The van der Waals surface area contributed by atoms with Crippen LogP contribution in [0.5, 0.6) is 11.5 Å². The zero-order valence-corrected chi connectivity index (χ0v) is 10.4. The average molecular weight is 272 g/mol. The summed E-state index contributed by atoms with van der Waals surface area (Å²) in [6.07, 6.45) is -0.184. The van der Waals surface area contributed by atoms with Gasteiger partial charge in [0.25, 0.3) is 0 Å². The van der Waals surface area contributed by atoms with Crippen molar-refractivity contribution in [1.82, 2.24) is 0 Å². The molecule has 0 bridgehead atoms. The molecule has 0 saturated heterocycles. The Morgan fingerprint density at radius 2 is 1.75 bits per heavy atom. The summed E-state index contributed by atoms with van der Waals surface area (Å²) in [6, 6.07) is 12.3. The number of esters is 1. The standard InChI is InChI=1S/C15H12O5/c16-11-7-6-10(13(9-11)15(18)19)8-14(17)20-12-4-2-1-3-5-12/h1-7,9,16H,8H2,(H,18,19). The van der Waals surface area contributed by atoms with Crippen LogP contribution in [0.4, 0.5) is 0 Å². The lowest BCUT2D eigenvalue weighted by Gasteiger charge is -2.07. The van der Waals surface area contributed by atoms with Gasteiger partial charge in [-0.3, -0.25) is 4.79 Å². The first-order valence-corrected chi connectivity index (χ1v) is 5.87. The number of hydrogen-bond acceptors (Lipinski definition) is 4. The highest BCUT2D eigenvalue weighted by Gasteiger charge is 2.15. The Hall–Kier alpha value is -2.82. The van der Waals surface area contributed by atoms with Crippen LogP contribution in [0.3, 0.4) is 0 Å². The van der Waals surface area contributed by atoms with Gasteiger partial charge in [0, 0.05) is 0 Å². The molecule has 2 aromatic rings. The largest absolute Gasteiger partial charge is 0.508 e. The maximum atomic E-state index is 11.8. The Morgan fingerprint density at radius 3 is 2.40 bits per heavy atom. The van der Waals surface area contributed by atoms with Crippen LogP contribution in [-0.2, 0) is 11.2 Å². The fourth-order valence-corrected chi connectivity index (χ4v) is 1.73. The monoisotopic (exact) mass is 272 g/mol.